The molecule has 8 heteroatoms. The van der Waals surface area contributed by atoms with Crippen molar-refractivity contribution >= 4 is 33.2 Å². The monoisotopic (exact) mass is 469 g/mol. The predicted octanol–water partition coefficient (Wildman–Crippen LogP) is 4.10. The number of para-hydroxylation sites is 1. The van der Waals surface area contributed by atoms with Gasteiger partial charge in [-0.3, -0.25) is 14.4 Å². The minimum atomic E-state index is -3.71. The summed E-state index contributed by atoms with van der Waals surface area (Å²) in [5, 5.41) is 0.721. The molecule has 1 N–H and O–H groups in total. The molecule has 1 aliphatic heterocycles. The summed E-state index contributed by atoms with van der Waals surface area (Å²) in [5.74, 6) is -0.0869. The third-order valence-electron chi connectivity index (χ3n) is 5.42. The largest absolute Gasteiger partial charge is 0.336 e. The normalized spacial score (nSPS) is 14.8. The van der Waals surface area contributed by atoms with E-state index < -0.39 is 10.0 Å². The van der Waals surface area contributed by atoms with Crippen LogP contribution in [0.3, 0.4) is 0 Å². The molecule has 166 valence electrons. The van der Waals surface area contributed by atoms with Crippen LogP contribution in [0.1, 0.15) is 15.9 Å². The van der Waals surface area contributed by atoms with Crippen molar-refractivity contribution in [2.75, 3.05) is 30.9 Å². The number of halogens is 1. The summed E-state index contributed by atoms with van der Waals surface area (Å²) in [5.41, 5.74) is 2.16. The third-order valence-corrected chi connectivity index (χ3v) is 7.07. The van der Waals surface area contributed by atoms with Gasteiger partial charge in [0.2, 0.25) is 0 Å². The lowest BCUT2D eigenvalue weighted by Crippen LogP contribution is -2.48. The Balaban J connectivity index is 1.34. The highest BCUT2D eigenvalue weighted by Crippen LogP contribution is 2.18. The highest BCUT2D eigenvalue weighted by atomic mass is 35.5. The second-order valence-electron chi connectivity index (χ2n) is 7.69. The minimum absolute atomic E-state index is 0.0869. The van der Waals surface area contributed by atoms with Crippen molar-refractivity contribution in [3.63, 3.8) is 0 Å². The number of carbonyl (C=O) groups is 1. The summed E-state index contributed by atoms with van der Waals surface area (Å²) < 4.78 is 27.7. The molecule has 1 amide bonds. The van der Waals surface area contributed by atoms with E-state index in [4.69, 9.17) is 11.6 Å². The van der Waals surface area contributed by atoms with E-state index >= 15 is 0 Å². The van der Waals surface area contributed by atoms with E-state index in [1.165, 1.54) is 17.7 Å². The molecule has 0 spiro atoms. The molecule has 32 heavy (non-hydrogen) atoms. The lowest BCUT2D eigenvalue weighted by Gasteiger charge is -2.34. The maximum atomic E-state index is 12.9. The van der Waals surface area contributed by atoms with Crippen molar-refractivity contribution in [2.45, 2.75) is 11.4 Å². The summed E-state index contributed by atoms with van der Waals surface area (Å²) in [7, 11) is -3.71. The topological polar surface area (TPSA) is 69.7 Å². The Morgan fingerprint density at radius 2 is 1.47 bits per heavy atom. The Hall–Kier alpha value is -2.87. The summed E-state index contributed by atoms with van der Waals surface area (Å²) in [6.45, 7) is 3.63. The second kappa shape index (κ2) is 9.73. The van der Waals surface area contributed by atoms with Gasteiger partial charge in [0.05, 0.1) is 4.90 Å². The van der Waals surface area contributed by atoms with E-state index in [0.29, 0.717) is 24.3 Å². The minimum Gasteiger partial charge on any atom is -0.336 e. The van der Waals surface area contributed by atoms with Gasteiger partial charge in [-0.2, -0.15) is 0 Å². The molecular formula is C24H24ClN3O3S. The van der Waals surface area contributed by atoms with Crippen LogP contribution in [0.25, 0.3) is 0 Å². The van der Waals surface area contributed by atoms with E-state index in [-0.39, 0.29) is 10.8 Å². The Kier molecular flexibility index (Phi) is 6.79. The molecule has 0 atom stereocenters. The number of carbonyl (C=O) groups excluding carboxylic acids is 1. The molecule has 0 aromatic heterocycles. The molecule has 1 saturated heterocycles. The number of rotatable bonds is 6. The van der Waals surface area contributed by atoms with Crippen LogP contribution in [-0.2, 0) is 16.6 Å². The van der Waals surface area contributed by atoms with Gasteiger partial charge in [-0.1, -0.05) is 41.9 Å². The maximum absolute atomic E-state index is 12.9. The number of benzene rings is 3. The lowest BCUT2D eigenvalue weighted by molar-refractivity contribution is 0.0628. The van der Waals surface area contributed by atoms with Crippen LogP contribution in [0.5, 0.6) is 0 Å². The molecule has 4 rings (SSSR count). The Morgan fingerprint density at radius 1 is 0.844 bits per heavy atom. The molecule has 1 aliphatic rings. The van der Waals surface area contributed by atoms with E-state index in [1.54, 1.807) is 36.4 Å². The molecule has 6 nitrogen and oxygen atoms in total. The number of amides is 1. The molecule has 0 bridgehead atoms. The van der Waals surface area contributed by atoms with E-state index in [9.17, 15) is 13.2 Å². The Bertz CT molecular complexity index is 1160. The quantitative estimate of drug-likeness (QED) is 0.590. The molecule has 0 unspecified atom stereocenters. The van der Waals surface area contributed by atoms with Crippen LogP contribution >= 0.6 is 11.6 Å². The fraction of sp³-hybridized carbons (Fsp3) is 0.208. The van der Waals surface area contributed by atoms with E-state index in [1.807, 2.05) is 35.2 Å². The fourth-order valence-electron chi connectivity index (χ4n) is 3.64. The van der Waals surface area contributed by atoms with Crippen molar-refractivity contribution in [1.82, 2.24) is 9.80 Å². The lowest BCUT2D eigenvalue weighted by atomic mass is 10.1. The van der Waals surface area contributed by atoms with E-state index in [0.717, 1.165) is 24.7 Å². The van der Waals surface area contributed by atoms with Crippen LogP contribution < -0.4 is 4.72 Å². The van der Waals surface area contributed by atoms with Crippen molar-refractivity contribution in [1.29, 1.82) is 0 Å². The van der Waals surface area contributed by atoms with Crippen LogP contribution in [-0.4, -0.2) is 50.3 Å². The van der Waals surface area contributed by atoms with Crippen molar-refractivity contribution in [3.05, 3.63) is 95.0 Å². The SMILES string of the molecule is O=C(c1ccc(S(=O)(=O)Nc2ccccc2)cc1)N1CCN(Cc2ccc(Cl)cc2)CC1. The molecule has 1 heterocycles. The average molecular weight is 470 g/mol. The predicted molar refractivity (Wildman–Crippen MR) is 126 cm³/mol. The third kappa shape index (κ3) is 5.48. The van der Waals surface area contributed by atoms with Crippen LogP contribution in [0.4, 0.5) is 5.69 Å². The Labute approximate surface area is 193 Å². The number of hydrogen-bond acceptors (Lipinski definition) is 4. The molecule has 1 fully saturated rings. The highest BCUT2D eigenvalue weighted by Gasteiger charge is 2.23. The number of anilines is 1. The fourth-order valence-corrected chi connectivity index (χ4v) is 4.82. The number of nitrogens with zero attached hydrogens (tertiary/aromatic N) is 2. The molecule has 3 aromatic carbocycles. The molecular weight excluding hydrogens is 446 g/mol. The standard InChI is InChI=1S/C24H24ClN3O3S/c25-21-10-6-19(7-11-21)18-27-14-16-28(17-15-27)24(29)20-8-12-23(13-9-20)32(30,31)26-22-4-2-1-3-5-22/h1-13,26H,14-18H2. The smallest absolute Gasteiger partial charge is 0.261 e. The van der Waals surface area contributed by atoms with Gasteiger partial charge < -0.3 is 4.90 Å². The van der Waals surface area contributed by atoms with Gasteiger partial charge in [0.25, 0.3) is 15.9 Å². The molecule has 0 radical (unpaired) electrons. The summed E-state index contributed by atoms with van der Waals surface area (Å²) in [6.07, 6.45) is 0. The first kappa shape index (κ1) is 22.3. The van der Waals surface area contributed by atoms with Gasteiger partial charge >= 0.3 is 0 Å². The molecule has 0 saturated carbocycles. The highest BCUT2D eigenvalue weighted by molar-refractivity contribution is 7.92. The zero-order valence-electron chi connectivity index (χ0n) is 17.4. The van der Waals surface area contributed by atoms with Gasteiger partial charge in [0.1, 0.15) is 0 Å². The number of nitrogens with one attached hydrogen (secondary N) is 1. The zero-order chi connectivity index (χ0) is 22.6. The van der Waals surface area contributed by atoms with Gasteiger partial charge in [0.15, 0.2) is 0 Å². The van der Waals surface area contributed by atoms with Crippen LogP contribution in [0, 0.1) is 0 Å². The van der Waals surface area contributed by atoms with Crippen molar-refractivity contribution in [2.24, 2.45) is 0 Å². The first-order chi connectivity index (χ1) is 15.4. The van der Waals surface area contributed by atoms with Gasteiger partial charge in [0, 0.05) is 49.0 Å². The average Bonchev–Trinajstić information content (AvgIpc) is 2.81. The van der Waals surface area contributed by atoms with Crippen molar-refractivity contribution in [3.8, 4) is 0 Å². The zero-order valence-corrected chi connectivity index (χ0v) is 19.0. The van der Waals surface area contributed by atoms with Gasteiger partial charge in [-0.05, 0) is 54.1 Å². The first-order valence-corrected chi connectivity index (χ1v) is 12.2. The number of piperazine rings is 1. The number of hydrogen-bond donors (Lipinski definition) is 1. The van der Waals surface area contributed by atoms with Crippen LogP contribution in [0.15, 0.2) is 83.8 Å². The molecule has 3 aromatic rings. The maximum Gasteiger partial charge on any atom is 0.261 e. The summed E-state index contributed by atoms with van der Waals surface area (Å²) >= 11 is 5.94. The number of sulfonamides is 1. The second-order valence-corrected chi connectivity index (χ2v) is 9.81. The van der Waals surface area contributed by atoms with Crippen molar-refractivity contribution < 1.29 is 13.2 Å². The van der Waals surface area contributed by atoms with Crippen LogP contribution in [0.2, 0.25) is 5.02 Å². The Morgan fingerprint density at radius 3 is 2.09 bits per heavy atom. The molecule has 0 aliphatic carbocycles. The summed E-state index contributed by atoms with van der Waals surface area (Å²) in [4.78, 5) is 17.1. The van der Waals surface area contributed by atoms with E-state index in [2.05, 4.69) is 9.62 Å². The van der Waals surface area contributed by atoms with Gasteiger partial charge in [-0.15, -0.1) is 0 Å². The summed E-state index contributed by atoms with van der Waals surface area (Å²) in [6, 6.07) is 22.6. The van der Waals surface area contributed by atoms with Gasteiger partial charge in [-0.25, -0.2) is 8.42 Å². The first-order valence-electron chi connectivity index (χ1n) is 10.3.